The Bertz CT molecular complexity index is 516. The van der Waals surface area contributed by atoms with Gasteiger partial charge in [-0.2, -0.15) is 0 Å². The number of benzene rings is 1. The molecule has 3 heteroatoms. The molecule has 0 unspecified atom stereocenters. The van der Waals surface area contributed by atoms with E-state index in [-0.39, 0.29) is 5.41 Å². The lowest BCUT2D eigenvalue weighted by Gasteiger charge is -2.56. The third-order valence-electron chi connectivity index (χ3n) is 5.45. The van der Waals surface area contributed by atoms with Gasteiger partial charge in [-0.1, -0.05) is 38.1 Å². The monoisotopic (exact) mass is 288 g/mol. The largest absolute Gasteiger partial charge is 0.481 e. The highest BCUT2D eigenvalue weighted by molar-refractivity contribution is 5.83. The Hall–Kier alpha value is -1.35. The van der Waals surface area contributed by atoms with E-state index < -0.39 is 11.4 Å². The van der Waals surface area contributed by atoms with Gasteiger partial charge in [0.25, 0.3) is 0 Å². The Labute approximate surface area is 126 Å². The molecule has 1 aliphatic heterocycles. The zero-order chi connectivity index (χ0) is 15.1. The van der Waals surface area contributed by atoms with E-state index in [9.17, 15) is 9.90 Å². The van der Waals surface area contributed by atoms with Crippen LogP contribution in [0.2, 0.25) is 0 Å². The molecule has 0 radical (unpaired) electrons. The highest BCUT2D eigenvalue weighted by atomic mass is 16.5. The molecule has 1 saturated heterocycles. The van der Waals surface area contributed by atoms with Crippen LogP contribution in [0.5, 0.6) is 0 Å². The molecule has 3 nitrogen and oxygen atoms in total. The van der Waals surface area contributed by atoms with Gasteiger partial charge in [-0.25, -0.2) is 0 Å². The molecule has 1 aromatic carbocycles. The highest BCUT2D eigenvalue weighted by Gasteiger charge is 2.59. The molecule has 0 atom stereocenters. The number of ether oxygens (including phenoxy) is 1. The Morgan fingerprint density at radius 2 is 1.71 bits per heavy atom. The summed E-state index contributed by atoms with van der Waals surface area (Å²) in [5.41, 5.74) is 1.76. The van der Waals surface area contributed by atoms with Gasteiger partial charge < -0.3 is 9.84 Å². The predicted octanol–water partition coefficient (Wildman–Crippen LogP) is 3.72. The quantitative estimate of drug-likeness (QED) is 0.922. The molecule has 1 N–H and O–H groups in total. The van der Waals surface area contributed by atoms with Crippen molar-refractivity contribution < 1.29 is 14.6 Å². The Morgan fingerprint density at radius 3 is 2.19 bits per heavy atom. The van der Waals surface area contributed by atoms with E-state index in [1.165, 1.54) is 5.56 Å². The summed E-state index contributed by atoms with van der Waals surface area (Å²) < 4.78 is 5.43. The zero-order valence-electron chi connectivity index (χ0n) is 12.9. The Balaban J connectivity index is 1.84. The lowest BCUT2D eigenvalue weighted by molar-refractivity contribution is -0.160. The van der Waals surface area contributed by atoms with Gasteiger partial charge in [-0.15, -0.1) is 0 Å². The van der Waals surface area contributed by atoms with Crippen molar-refractivity contribution in [1.29, 1.82) is 0 Å². The summed E-state index contributed by atoms with van der Waals surface area (Å²) in [7, 11) is 0. The number of aliphatic carboxylic acids is 1. The van der Waals surface area contributed by atoms with E-state index >= 15 is 0 Å². The van der Waals surface area contributed by atoms with E-state index in [0.29, 0.717) is 5.92 Å². The smallest absolute Gasteiger partial charge is 0.314 e. The van der Waals surface area contributed by atoms with Gasteiger partial charge in [-0.3, -0.25) is 4.79 Å². The van der Waals surface area contributed by atoms with Crippen LogP contribution in [0.1, 0.15) is 56.6 Å². The minimum atomic E-state index is -0.674. The highest BCUT2D eigenvalue weighted by Crippen LogP contribution is 2.60. The average Bonchev–Trinajstić information content (AvgIpc) is 2.45. The topological polar surface area (TPSA) is 46.5 Å². The van der Waals surface area contributed by atoms with E-state index in [1.807, 2.05) is 12.1 Å². The molecule has 1 saturated carbocycles. The number of rotatable bonds is 3. The van der Waals surface area contributed by atoms with Crippen molar-refractivity contribution in [1.82, 2.24) is 0 Å². The second kappa shape index (κ2) is 5.13. The molecule has 1 aromatic rings. The predicted molar refractivity (Wildman–Crippen MR) is 81.6 cm³/mol. The van der Waals surface area contributed by atoms with Crippen molar-refractivity contribution in [3.05, 3.63) is 35.4 Å². The van der Waals surface area contributed by atoms with Gasteiger partial charge in [0.05, 0.1) is 5.41 Å². The Kier molecular flexibility index (Phi) is 3.56. The fourth-order valence-electron chi connectivity index (χ4n) is 4.05. The first-order chi connectivity index (χ1) is 9.97. The minimum absolute atomic E-state index is 0.202. The molecule has 114 valence electrons. The van der Waals surface area contributed by atoms with Crippen LogP contribution in [0.25, 0.3) is 0 Å². The van der Waals surface area contributed by atoms with Gasteiger partial charge >= 0.3 is 5.97 Å². The molecule has 3 rings (SSSR count). The zero-order valence-corrected chi connectivity index (χ0v) is 12.9. The summed E-state index contributed by atoms with van der Waals surface area (Å²) in [4.78, 5) is 11.9. The van der Waals surface area contributed by atoms with Gasteiger partial charge in [-0.05, 0) is 48.1 Å². The van der Waals surface area contributed by atoms with Crippen LogP contribution in [0.4, 0.5) is 0 Å². The van der Waals surface area contributed by atoms with Crippen molar-refractivity contribution >= 4 is 5.97 Å². The SMILES string of the molecule is CC(C)c1ccc(C2(C(=O)O)CC3(CCOCC3)C2)cc1. The van der Waals surface area contributed by atoms with Crippen molar-refractivity contribution in [2.45, 2.75) is 50.9 Å². The first kappa shape index (κ1) is 14.6. The number of carbonyl (C=O) groups is 1. The summed E-state index contributed by atoms with van der Waals surface area (Å²) in [6.45, 7) is 5.87. The standard InChI is InChI=1S/C18H24O3/c1-13(2)14-3-5-15(6-4-14)18(16(19)20)11-17(12-18)7-9-21-10-8-17/h3-6,13H,7-12H2,1-2H3,(H,19,20). The molecule has 0 bridgehead atoms. The van der Waals surface area contributed by atoms with Crippen LogP contribution in [-0.2, 0) is 14.9 Å². The lowest BCUT2D eigenvalue weighted by atomic mass is 9.48. The molecular weight excluding hydrogens is 264 g/mol. The minimum Gasteiger partial charge on any atom is -0.481 e. The van der Waals surface area contributed by atoms with Crippen molar-refractivity contribution in [2.24, 2.45) is 5.41 Å². The fourth-order valence-corrected chi connectivity index (χ4v) is 4.05. The van der Waals surface area contributed by atoms with E-state index in [2.05, 4.69) is 26.0 Å². The van der Waals surface area contributed by atoms with Crippen LogP contribution in [0.15, 0.2) is 24.3 Å². The molecule has 1 spiro atoms. The maximum Gasteiger partial charge on any atom is 0.314 e. The number of hydrogen-bond donors (Lipinski definition) is 1. The maximum absolute atomic E-state index is 11.9. The first-order valence-corrected chi connectivity index (χ1v) is 7.89. The second-order valence-corrected chi connectivity index (χ2v) is 7.13. The summed E-state index contributed by atoms with van der Waals surface area (Å²) in [5.74, 6) is -0.194. The molecule has 21 heavy (non-hydrogen) atoms. The van der Waals surface area contributed by atoms with Gasteiger partial charge in [0.1, 0.15) is 0 Å². The van der Waals surface area contributed by atoms with E-state index in [1.54, 1.807) is 0 Å². The molecule has 0 aromatic heterocycles. The second-order valence-electron chi connectivity index (χ2n) is 7.13. The summed E-state index contributed by atoms with van der Waals surface area (Å²) in [6.07, 6.45) is 3.54. The van der Waals surface area contributed by atoms with Crippen LogP contribution in [-0.4, -0.2) is 24.3 Å². The lowest BCUT2D eigenvalue weighted by Crippen LogP contribution is -2.56. The maximum atomic E-state index is 11.9. The van der Waals surface area contributed by atoms with Gasteiger partial charge in [0.15, 0.2) is 0 Å². The third kappa shape index (κ3) is 2.38. The molecular formula is C18H24O3. The summed E-state index contributed by atoms with van der Waals surface area (Å²) in [6, 6.07) is 8.21. The van der Waals surface area contributed by atoms with Crippen LogP contribution in [0, 0.1) is 5.41 Å². The number of carboxylic acids is 1. The van der Waals surface area contributed by atoms with Crippen molar-refractivity contribution in [3.63, 3.8) is 0 Å². The fraction of sp³-hybridized carbons (Fsp3) is 0.611. The third-order valence-corrected chi connectivity index (χ3v) is 5.45. The molecule has 2 aliphatic rings. The Morgan fingerprint density at radius 1 is 1.14 bits per heavy atom. The number of hydrogen-bond acceptors (Lipinski definition) is 2. The molecule has 2 fully saturated rings. The average molecular weight is 288 g/mol. The van der Waals surface area contributed by atoms with Crippen LogP contribution < -0.4 is 0 Å². The van der Waals surface area contributed by atoms with Crippen molar-refractivity contribution in [3.8, 4) is 0 Å². The summed E-state index contributed by atoms with van der Waals surface area (Å²) in [5, 5.41) is 9.80. The van der Waals surface area contributed by atoms with Gasteiger partial charge in [0, 0.05) is 13.2 Å². The summed E-state index contributed by atoms with van der Waals surface area (Å²) >= 11 is 0. The van der Waals surface area contributed by atoms with Gasteiger partial charge in [0.2, 0.25) is 0 Å². The molecule has 0 amide bonds. The first-order valence-electron chi connectivity index (χ1n) is 7.89. The van der Waals surface area contributed by atoms with Crippen LogP contribution >= 0.6 is 0 Å². The van der Waals surface area contributed by atoms with E-state index in [0.717, 1.165) is 44.5 Å². The molecule has 1 aliphatic carbocycles. The van der Waals surface area contributed by atoms with Crippen molar-refractivity contribution in [2.75, 3.05) is 13.2 Å². The van der Waals surface area contributed by atoms with E-state index in [4.69, 9.17) is 4.74 Å². The normalized spacial score (nSPS) is 23.0. The number of carboxylic acid groups (broad SMARTS) is 1. The van der Waals surface area contributed by atoms with Crippen LogP contribution in [0.3, 0.4) is 0 Å². The molecule has 1 heterocycles.